The van der Waals surface area contributed by atoms with Gasteiger partial charge >= 0.3 is 6.03 Å². The number of likely N-dealkylation sites (tertiary alicyclic amines) is 1. The minimum atomic E-state index is -1.18. The second-order valence-corrected chi connectivity index (χ2v) is 6.27. The molecule has 2 fully saturated rings. The van der Waals surface area contributed by atoms with E-state index in [1.807, 2.05) is 6.92 Å². The van der Waals surface area contributed by atoms with Crippen molar-refractivity contribution in [3.63, 3.8) is 0 Å². The highest BCUT2D eigenvalue weighted by atomic mass is 16.2. The number of hydrogen-bond donors (Lipinski definition) is 1. The molecule has 1 atom stereocenters. The van der Waals surface area contributed by atoms with Crippen LogP contribution in [0.25, 0.3) is 0 Å². The van der Waals surface area contributed by atoms with Crippen LogP contribution in [0.3, 0.4) is 0 Å². The number of barbiturate groups is 1. The van der Waals surface area contributed by atoms with Crippen molar-refractivity contribution in [1.29, 1.82) is 0 Å². The van der Waals surface area contributed by atoms with E-state index in [1.54, 1.807) is 13.8 Å². The lowest BCUT2D eigenvalue weighted by molar-refractivity contribution is -0.150. The van der Waals surface area contributed by atoms with Gasteiger partial charge in [0.15, 0.2) is 0 Å². The Kier molecular flexibility index (Phi) is 4.13. The van der Waals surface area contributed by atoms with Crippen LogP contribution in [-0.2, 0) is 9.59 Å². The molecule has 0 saturated carbocycles. The molecule has 0 spiro atoms. The fourth-order valence-corrected chi connectivity index (χ4v) is 2.80. The number of imide groups is 2. The zero-order valence-corrected chi connectivity index (χ0v) is 12.4. The summed E-state index contributed by atoms with van der Waals surface area (Å²) in [5.74, 6) is -0.926. The van der Waals surface area contributed by atoms with Crippen molar-refractivity contribution in [2.75, 3.05) is 19.6 Å². The maximum atomic E-state index is 12.4. The van der Waals surface area contributed by atoms with Crippen LogP contribution in [0.2, 0.25) is 0 Å². The number of amides is 4. The largest absolute Gasteiger partial charge is 0.331 e. The van der Waals surface area contributed by atoms with Gasteiger partial charge in [-0.3, -0.25) is 19.8 Å². The lowest BCUT2D eigenvalue weighted by atomic mass is 9.88. The van der Waals surface area contributed by atoms with Crippen molar-refractivity contribution in [2.24, 2.45) is 5.41 Å². The van der Waals surface area contributed by atoms with Gasteiger partial charge in [-0.1, -0.05) is 6.42 Å². The molecule has 2 saturated heterocycles. The lowest BCUT2D eigenvalue weighted by Gasteiger charge is -2.40. The summed E-state index contributed by atoms with van der Waals surface area (Å²) in [5.41, 5.74) is -1.18. The average molecular weight is 281 g/mol. The molecule has 4 amide bonds. The summed E-state index contributed by atoms with van der Waals surface area (Å²) in [7, 11) is 0. The minimum Gasteiger partial charge on any atom is -0.301 e. The second-order valence-electron chi connectivity index (χ2n) is 6.27. The number of urea groups is 1. The van der Waals surface area contributed by atoms with Crippen molar-refractivity contribution >= 4 is 17.8 Å². The molecular formula is C14H23N3O3. The number of carbonyl (C=O) groups is 3. The molecule has 0 aromatic carbocycles. The third-order valence-electron chi connectivity index (χ3n) is 4.17. The van der Waals surface area contributed by atoms with Gasteiger partial charge in [0.2, 0.25) is 11.8 Å². The van der Waals surface area contributed by atoms with Gasteiger partial charge in [0.25, 0.3) is 0 Å². The number of carbonyl (C=O) groups excluding carboxylic acids is 3. The summed E-state index contributed by atoms with van der Waals surface area (Å²) in [5, 5.41) is 2.28. The van der Waals surface area contributed by atoms with Crippen molar-refractivity contribution in [3.8, 4) is 0 Å². The molecule has 2 heterocycles. The van der Waals surface area contributed by atoms with Gasteiger partial charge in [-0.05, 0) is 46.7 Å². The molecule has 0 bridgehead atoms. The summed E-state index contributed by atoms with van der Waals surface area (Å²) in [4.78, 5) is 39.5. The van der Waals surface area contributed by atoms with Crippen LogP contribution in [-0.4, -0.2) is 53.3 Å². The van der Waals surface area contributed by atoms with Gasteiger partial charge in [0, 0.05) is 6.54 Å². The zero-order valence-electron chi connectivity index (χ0n) is 12.4. The zero-order chi connectivity index (χ0) is 14.9. The van der Waals surface area contributed by atoms with Gasteiger partial charge in [-0.15, -0.1) is 0 Å². The highest BCUT2D eigenvalue weighted by Gasteiger charge is 2.48. The first kappa shape index (κ1) is 15.0. The van der Waals surface area contributed by atoms with Gasteiger partial charge in [0.05, 0.1) is 6.04 Å². The maximum absolute atomic E-state index is 12.4. The molecule has 2 aliphatic rings. The third kappa shape index (κ3) is 2.70. The first-order chi connectivity index (χ1) is 9.34. The van der Waals surface area contributed by atoms with Gasteiger partial charge in [-0.25, -0.2) is 4.79 Å². The smallest absolute Gasteiger partial charge is 0.301 e. The Morgan fingerprint density at radius 2 is 1.75 bits per heavy atom. The van der Waals surface area contributed by atoms with E-state index in [1.165, 1.54) is 11.3 Å². The molecule has 0 aliphatic carbocycles. The van der Waals surface area contributed by atoms with Crippen molar-refractivity contribution in [2.45, 2.75) is 46.1 Å². The summed E-state index contributed by atoms with van der Waals surface area (Å²) in [6, 6.07) is -0.822. The van der Waals surface area contributed by atoms with Crippen molar-refractivity contribution in [3.05, 3.63) is 0 Å². The van der Waals surface area contributed by atoms with Crippen LogP contribution in [0.5, 0.6) is 0 Å². The SMILES string of the molecule is CC(CN1CCCCC1)N1C(=O)NC(=O)C(C)(C)C1=O. The van der Waals surface area contributed by atoms with Gasteiger partial charge in [0.1, 0.15) is 5.41 Å². The van der Waals surface area contributed by atoms with E-state index < -0.39 is 23.3 Å². The van der Waals surface area contributed by atoms with Crippen LogP contribution < -0.4 is 5.32 Å². The van der Waals surface area contributed by atoms with E-state index >= 15 is 0 Å². The van der Waals surface area contributed by atoms with E-state index in [-0.39, 0.29) is 6.04 Å². The molecule has 6 heteroatoms. The molecule has 6 nitrogen and oxygen atoms in total. The minimum absolute atomic E-state index is 0.229. The molecular weight excluding hydrogens is 258 g/mol. The van der Waals surface area contributed by atoms with Crippen LogP contribution in [0, 0.1) is 5.41 Å². The Labute approximate surface area is 119 Å². The first-order valence-electron chi connectivity index (χ1n) is 7.25. The molecule has 0 aromatic rings. The highest BCUT2D eigenvalue weighted by Crippen LogP contribution is 2.25. The predicted octanol–water partition coefficient (Wildman–Crippen LogP) is 0.965. The Morgan fingerprint density at radius 3 is 2.35 bits per heavy atom. The summed E-state index contributed by atoms with van der Waals surface area (Å²) in [6.45, 7) is 7.66. The monoisotopic (exact) mass is 281 g/mol. The van der Waals surface area contributed by atoms with Gasteiger partial charge in [-0.2, -0.15) is 0 Å². The molecule has 0 radical (unpaired) electrons. The number of nitrogens with zero attached hydrogens (tertiary/aromatic N) is 2. The Balaban J connectivity index is 2.07. The standard InChI is InChI=1S/C14H23N3O3/c1-10(9-16-7-5-4-6-8-16)17-12(19)14(2,3)11(18)15-13(17)20/h10H,4-9H2,1-3H3,(H,15,18,20). The highest BCUT2D eigenvalue weighted by molar-refractivity contribution is 6.18. The van der Waals surface area contributed by atoms with Crippen LogP contribution in [0.15, 0.2) is 0 Å². The molecule has 2 rings (SSSR count). The van der Waals surface area contributed by atoms with Crippen LogP contribution in [0.1, 0.15) is 40.0 Å². The number of nitrogens with one attached hydrogen (secondary N) is 1. The van der Waals surface area contributed by atoms with E-state index in [0.29, 0.717) is 6.54 Å². The predicted molar refractivity (Wildman–Crippen MR) is 73.9 cm³/mol. The van der Waals surface area contributed by atoms with E-state index in [4.69, 9.17) is 0 Å². The summed E-state index contributed by atoms with van der Waals surface area (Å²) < 4.78 is 0. The molecule has 112 valence electrons. The second kappa shape index (κ2) is 5.52. The topological polar surface area (TPSA) is 69.7 Å². The van der Waals surface area contributed by atoms with E-state index in [2.05, 4.69) is 10.2 Å². The maximum Gasteiger partial charge on any atom is 0.331 e. The van der Waals surface area contributed by atoms with Crippen molar-refractivity contribution in [1.82, 2.24) is 15.1 Å². The number of rotatable bonds is 3. The first-order valence-corrected chi connectivity index (χ1v) is 7.25. The molecule has 1 N–H and O–H groups in total. The van der Waals surface area contributed by atoms with Crippen LogP contribution >= 0.6 is 0 Å². The lowest BCUT2D eigenvalue weighted by Crippen LogP contribution is -2.65. The average Bonchev–Trinajstić information content (AvgIpc) is 2.38. The molecule has 2 aliphatic heterocycles. The number of piperidine rings is 1. The Hall–Kier alpha value is -1.43. The van der Waals surface area contributed by atoms with E-state index in [9.17, 15) is 14.4 Å². The van der Waals surface area contributed by atoms with Crippen molar-refractivity contribution < 1.29 is 14.4 Å². The Morgan fingerprint density at radius 1 is 1.15 bits per heavy atom. The quantitative estimate of drug-likeness (QED) is 0.782. The number of hydrogen-bond acceptors (Lipinski definition) is 4. The summed E-state index contributed by atoms with van der Waals surface area (Å²) >= 11 is 0. The fraction of sp³-hybridized carbons (Fsp3) is 0.786. The molecule has 1 unspecified atom stereocenters. The third-order valence-corrected chi connectivity index (χ3v) is 4.17. The fourth-order valence-electron chi connectivity index (χ4n) is 2.80. The van der Waals surface area contributed by atoms with Gasteiger partial charge < -0.3 is 4.90 Å². The summed E-state index contributed by atoms with van der Waals surface area (Å²) in [6.07, 6.45) is 3.57. The van der Waals surface area contributed by atoms with Crippen LogP contribution in [0.4, 0.5) is 4.79 Å². The molecule has 20 heavy (non-hydrogen) atoms. The van der Waals surface area contributed by atoms with E-state index in [0.717, 1.165) is 25.9 Å². The molecule has 0 aromatic heterocycles. The Bertz CT molecular complexity index is 427. The normalized spacial score (nSPS) is 25.6.